The molecule has 0 fully saturated rings. The van der Waals surface area contributed by atoms with E-state index >= 15 is 0 Å². The number of Topliss-reactive ketones (excluding diaryl/α,β-unsaturated/α-hetero) is 1. The van der Waals surface area contributed by atoms with Crippen LogP contribution in [-0.2, 0) is 24.4 Å². The van der Waals surface area contributed by atoms with Gasteiger partial charge >= 0.3 is 5.97 Å². The zero-order valence-corrected chi connectivity index (χ0v) is 20.1. The summed E-state index contributed by atoms with van der Waals surface area (Å²) in [5.41, 5.74) is 0.845. The molecular weight excluding hydrogens is 486 g/mol. The third-order valence-corrected chi connectivity index (χ3v) is 5.88. The van der Waals surface area contributed by atoms with E-state index in [1.54, 1.807) is 34.6 Å². The van der Waals surface area contributed by atoms with Gasteiger partial charge in [0, 0.05) is 25.6 Å². The molecule has 0 saturated carbocycles. The number of anilines is 1. The molecule has 5 rings (SSSR count). The number of aromatic nitrogens is 7. The van der Waals surface area contributed by atoms with E-state index < -0.39 is 17.6 Å². The van der Waals surface area contributed by atoms with Crippen LogP contribution in [0, 0.1) is 11.6 Å². The molecule has 0 saturated heterocycles. The van der Waals surface area contributed by atoms with Crippen molar-refractivity contribution >= 4 is 17.6 Å². The topological polar surface area (TPSA) is 121 Å². The van der Waals surface area contributed by atoms with Gasteiger partial charge in [-0.1, -0.05) is 18.2 Å². The molecule has 0 radical (unpaired) electrons. The first kappa shape index (κ1) is 24.2. The van der Waals surface area contributed by atoms with Crippen LogP contribution >= 0.6 is 0 Å². The van der Waals surface area contributed by atoms with E-state index in [2.05, 4.69) is 25.3 Å². The van der Waals surface area contributed by atoms with Crippen molar-refractivity contribution in [3.8, 4) is 11.5 Å². The maximum Gasteiger partial charge on any atom is 0.376 e. The summed E-state index contributed by atoms with van der Waals surface area (Å²) in [6.07, 6.45) is 1.03. The van der Waals surface area contributed by atoms with E-state index in [1.165, 1.54) is 23.7 Å². The van der Waals surface area contributed by atoms with E-state index in [1.807, 2.05) is 0 Å². The van der Waals surface area contributed by atoms with E-state index in [0.29, 0.717) is 24.5 Å². The van der Waals surface area contributed by atoms with E-state index in [4.69, 9.17) is 4.74 Å². The largest absolute Gasteiger partial charge is 0.460 e. The third-order valence-electron chi connectivity index (χ3n) is 5.88. The predicted octanol–water partition coefficient (Wildman–Crippen LogP) is 2.66. The highest BCUT2D eigenvalue weighted by atomic mass is 19.1. The van der Waals surface area contributed by atoms with Gasteiger partial charge in [0.25, 0.3) is 0 Å². The van der Waals surface area contributed by atoms with E-state index in [9.17, 15) is 18.4 Å². The number of halogens is 2. The van der Waals surface area contributed by atoms with Crippen molar-refractivity contribution in [3.63, 3.8) is 0 Å². The minimum absolute atomic E-state index is 0.0185. The number of ketones is 1. The Hall–Kier alpha value is -4.55. The lowest BCUT2D eigenvalue weighted by atomic mass is 10.2. The number of rotatable bonds is 7. The molecule has 0 N–H and O–H groups in total. The monoisotopic (exact) mass is 508 g/mol. The molecule has 0 amide bonds. The van der Waals surface area contributed by atoms with Crippen LogP contribution in [0.15, 0.2) is 36.5 Å². The molecule has 0 bridgehead atoms. The van der Waals surface area contributed by atoms with Crippen LogP contribution < -0.4 is 4.90 Å². The lowest BCUT2D eigenvalue weighted by Gasteiger charge is -2.28. The highest BCUT2D eigenvalue weighted by Crippen LogP contribution is 2.25. The van der Waals surface area contributed by atoms with Crippen LogP contribution in [0.1, 0.15) is 46.3 Å². The van der Waals surface area contributed by atoms with Crippen molar-refractivity contribution in [3.05, 3.63) is 71.1 Å². The minimum Gasteiger partial charge on any atom is -0.460 e. The number of hydrogen-bond donors (Lipinski definition) is 0. The average Bonchev–Trinajstić information content (AvgIpc) is 3.50. The predicted molar refractivity (Wildman–Crippen MR) is 126 cm³/mol. The van der Waals surface area contributed by atoms with Crippen LogP contribution in [0.5, 0.6) is 0 Å². The molecule has 1 aliphatic rings. The highest BCUT2D eigenvalue weighted by molar-refractivity contribution is 5.93. The third kappa shape index (κ3) is 4.67. The molecule has 4 aromatic rings. The molecule has 0 unspecified atom stereocenters. The Balaban J connectivity index is 1.44. The number of benzene rings is 1. The zero-order valence-electron chi connectivity index (χ0n) is 20.1. The normalized spacial score (nSPS) is 12.9. The first-order valence-corrected chi connectivity index (χ1v) is 11.5. The van der Waals surface area contributed by atoms with Crippen LogP contribution in [-0.4, -0.2) is 59.4 Å². The van der Waals surface area contributed by atoms with Crippen LogP contribution in [0.4, 0.5) is 14.6 Å². The number of carbonyl (C=O) groups excluding carboxylic acids is 2. The molecule has 0 spiro atoms. The summed E-state index contributed by atoms with van der Waals surface area (Å²) in [4.78, 5) is 34.5. The molecule has 11 nitrogen and oxygen atoms in total. The van der Waals surface area contributed by atoms with Gasteiger partial charge in [-0.25, -0.2) is 23.5 Å². The summed E-state index contributed by atoms with van der Waals surface area (Å²) in [5.74, 6) is -1.24. The lowest BCUT2D eigenvalue weighted by molar-refractivity contribution is 0.0505. The van der Waals surface area contributed by atoms with Crippen molar-refractivity contribution in [1.82, 2.24) is 34.5 Å². The van der Waals surface area contributed by atoms with Gasteiger partial charge in [0.05, 0.1) is 25.9 Å². The molecule has 13 heteroatoms. The average molecular weight is 508 g/mol. The van der Waals surface area contributed by atoms with Gasteiger partial charge in [0.15, 0.2) is 29.1 Å². The second-order valence-electron chi connectivity index (χ2n) is 8.32. The molecule has 1 aliphatic heterocycles. The molecular formula is C24H22F2N8O3. The number of ether oxygens (including phenoxy) is 1. The minimum atomic E-state index is -0.653. The molecule has 190 valence electrons. The van der Waals surface area contributed by atoms with Gasteiger partial charge in [0.1, 0.15) is 17.2 Å². The summed E-state index contributed by atoms with van der Waals surface area (Å²) in [6, 6.07) is 7.71. The second kappa shape index (κ2) is 9.84. The smallest absolute Gasteiger partial charge is 0.376 e. The fraction of sp³-hybridized carbons (Fsp3) is 0.292. The quantitative estimate of drug-likeness (QED) is 0.274. The van der Waals surface area contributed by atoms with Crippen LogP contribution in [0.25, 0.3) is 11.5 Å². The number of carbonyl (C=O) groups is 2. The van der Waals surface area contributed by atoms with E-state index in [0.717, 1.165) is 6.20 Å². The first-order valence-electron chi connectivity index (χ1n) is 11.5. The maximum absolute atomic E-state index is 14.8. The van der Waals surface area contributed by atoms with Crippen molar-refractivity contribution < 1.29 is 23.1 Å². The Morgan fingerprint density at radius 2 is 1.92 bits per heavy atom. The Kier molecular flexibility index (Phi) is 6.42. The van der Waals surface area contributed by atoms with Crippen LogP contribution in [0.3, 0.4) is 0 Å². The Morgan fingerprint density at radius 3 is 2.68 bits per heavy atom. The molecule has 37 heavy (non-hydrogen) atoms. The van der Waals surface area contributed by atoms with Crippen LogP contribution in [0.2, 0.25) is 0 Å². The van der Waals surface area contributed by atoms with Crippen molar-refractivity contribution in [2.45, 2.75) is 33.5 Å². The highest BCUT2D eigenvalue weighted by Gasteiger charge is 2.28. The molecule has 1 aromatic carbocycles. The summed E-state index contributed by atoms with van der Waals surface area (Å²) < 4.78 is 37.0. The Morgan fingerprint density at radius 1 is 1.11 bits per heavy atom. The fourth-order valence-electron chi connectivity index (χ4n) is 4.11. The fourth-order valence-corrected chi connectivity index (χ4v) is 4.11. The second-order valence-corrected chi connectivity index (χ2v) is 8.32. The summed E-state index contributed by atoms with van der Waals surface area (Å²) in [7, 11) is 0. The SMILES string of the molecule is CCOC(=O)c1nnc2n1CCN(c1nc(-c3cc(C(C)=O)n(Cc4ccccc4F)n3)ncc1F)C2. The van der Waals surface area contributed by atoms with Gasteiger partial charge in [-0.3, -0.25) is 9.48 Å². The van der Waals surface area contributed by atoms with Crippen molar-refractivity contribution in [1.29, 1.82) is 0 Å². The van der Waals surface area contributed by atoms with Gasteiger partial charge in [-0.05, 0) is 19.1 Å². The van der Waals surface area contributed by atoms with Gasteiger partial charge in [0.2, 0.25) is 5.82 Å². The summed E-state index contributed by atoms with van der Waals surface area (Å²) in [6.45, 7) is 4.12. The van der Waals surface area contributed by atoms with Crippen molar-refractivity contribution in [2.24, 2.45) is 0 Å². The summed E-state index contributed by atoms with van der Waals surface area (Å²) in [5, 5.41) is 12.4. The maximum atomic E-state index is 14.8. The molecule has 4 heterocycles. The number of fused-ring (bicyclic) bond motifs is 1. The van der Waals surface area contributed by atoms with Gasteiger partial charge in [-0.15, -0.1) is 10.2 Å². The number of nitrogens with zero attached hydrogens (tertiary/aromatic N) is 8. The van der Waals surface area contributed by atoms with Gasteiger partial charge < -0.3 is 14.2 Å². The van der Waals surface area contributed by atoms with E-state index in [-0.39, 0.29) is 54.3 Å². The lowest BCUT2D eigenvalue weighted by Crippen LogP contribution is -2.36. The molecule has 0 aliphatic carbocycles. The molecule has 3 aromatic heterocycles. The summed E-state index contributed by atoms with van der Waals surface area (Å²) >= 11 is 0. The molecule has 0 atom stereocenters. The van der Waals surface area contributed by atoms with Crippen molar-refractivity contribution in [2.75, 3.05) is 18.1 Å². The Labute approximate surface area is 209 Å². The number of hydrogen-bond acceptors (Lipinski definition) is 9. The number of esters is 1. The first-order chi connectivity index (χ1) is 17.9. The standard InChI is InChI=1S/C24H22F2N8O3/c1-3-37-24(36)23-30-29-20-13-32(8-9-33(20)23)22-17(26)11-27-21(28-22)18-10-19(14(2)35)34(31-18)12-15-6-4-5-7-16(15)25/h4-7,10-11H,3,8-9,12-13H2,1-2H3. The zero-order chi connectivity index (χ0) is 26.1. The van der Waals surface area contributed by atoms with Gasteiger partial charge in [-0.2, -0.15) is 5.10 Å². The Bertz CT molecular complexity index is 1500.